The third-order valence-corrected chi connectivity index (χ3v) is 3.69. The molecule has 0 aromatic carbocycles. The van der Waals surface area contributed by atoms with Crippen molar-refractivity contribution >= 4 is 17.4 Å². The van der Waals surface area contributed by atoms with Crippen molar-refractivity contribution in [1.82, 2.24) is 10.3 Å². The van der Waals surface area contributed by atoms with Crippen LogP contribution in [0.15, 0.2) is 12.3 Å². The van der Waals surface area contributed by atoms with Crippen LogP contribution >= 0.6 is 0 Å². The smallest absolute Gasteiger partial charge is 0.225 e. The minimum atomic E-state index is 0.0821. The Morgan fingerprint density at radius 2 is 2.11 bits per heavy atom. The van der Waals surface area contributed by atoms with Gasteiger partial charge >= 0.3 is 0 Å². The van der Waals surface area contributed by atoms with Gasteiger partial charge in [-0.2, -0.15) is 0 Å². The van der Waals surface area contributed by atoms with Crippen LogP contribution in [-0.4, -0.2) is 43.6 Å². The molecule has 5 nitrogen and oxygen atoms in total. The van der Waals surface area contributed by atoms with E-state index in [4.69, 9.17) is 0 Å². The Hall–Kier alpha value is -1.62. The molecule has 1 amide bonds. The van der Waals surface area contributed by atoms with Crippen molar-refractivity contribution in [2.24, 2.45) is 0 Å². The van der Waals surface area contributed by atoms with Crippen LogP contribution in [0.1, 0.15) is 12.5 Å². The van der Waals surface area contributed by atoms with Crippen LogP contribution < -0.4 is 15.1 Å². The van der Waals surface area contributed by atoms with E-state index in [0.717, 1.165) is 45.0 Å². The molecule has 2 aliphatic heterocycles. The number of piperazine rings is 1. The highest BCUT2D eigenvalue weighted by Gasteiger charge is 2.27. The van der Waals surface area contributed by atoms with Crippen LogP contribution in [0.4, 0.5) is 11.5 Å². The fourth-order valence-electron chi connectivity index (χ4n) is 2.78. The van der Waals surface area contributed by atoms with Crippen LogP contribution in [0.3, 0.4) is 0 Å². The first-order chi connectivity index (χ1) is 8.77. The van der Waals surface area contributed by atoms with Crippen molar-refractivity contribution in [2.75, 3.05) is 42.5 Å². The van der Waals surface area contributed by atoms with Crippen LogP contribution in [0, 0.1) is 0 Å². The van der Waals surface area contributed by atoms with Gasteiger partial charge in [0, 0.05) is 57.1 Å². The van der Waals surface area contributed by atoms with Crippen LogP contribution in [0.2, 0.25) is 0 Å². The second-order valence-electron chi connectivity index (χ2n) is 4.79. The summed E-state index contributed by atoms with van der Waals surface area (Å²) in [5, 5.41) is 3.36. The van der Waals surface area contributed by atoms with Crippen LogP contribution in [0.25, 0.3) is 0 Å². The second-order valence-corrected chi connectivity index (χ2v) is 4.79. The molecule has 0 bridgehead atoms. The molecular formula is C13H18N4O. The summed E-state index contributed by atoms with van der Waals surface area (Å²) in [6.07, 6.45) is 2.74. The van der Waals surface area contributed by atoms with Gasteiger partial charge in [-0.1, -0.05) is 0 Å². The molecule has 0 radical (unpaired) electrons. The molecule has 1 aromatic heterocycles. The van der Waals surface area contributed by atoms with Gasteiger partial charge < -0.3 is 10.2 Å². The summed E-state index contributed by atoms with van der Waals surface area (Å²) in [4.78, 5) is 20.1. The summed E-state index contributed by atoms with van der Waals surface area (Å²) in [6, 6.07) is 2.08. The van der Waals surface area contributed by atoms with Gasteiger partial charge in [-0.3, -0.25) is 9.69 Å². The number of nitrogens with one attached hydrogen (secondary N) is 1. The van der Waals surface area contributed by atoms with E-state index >= 15 is 0 Å². The zero-order chi connectivity index (χ0) is 12.5. The highest BCUT2D eigenvalue weighted by Crippen LogP contribution is 2.33. The van der Waals surface area contributed by atoms with Gasteiger partial charge in [0.1, 0.15) is 5.82 Å². The number of rotatable bonds is 1. The van der Waals surface area contributed by atoms with Crippen molar-refractivity contribution in [1.29, 1.82) is 0 Å². The Bertz CT molecular complexity index is 468. The summed E-state index contributed by atoms with van der Waals surface area (Å²) in [5.41, 5.74) is 2.49. The van der Waals surface area contributed by atoms with E-state index in [1.54, 1.807) is 11.8 Å². The van der Waals surface area contributed by atoms with E-state index in [-0.39, 0.29) is 5.91 Å². The van der Waals surface area contributed by atoms with Crippen molar-refractivity contribution in [3.63, 3.8) is 0 Å². The Morgan fingerprint density at radius 3 is 2.83 bits per heavy atom. The maximum atomic E-state index is 11.6. The summed E-state index contributed by atoms with van der Waals surface area (Å²) in [6.45, 7) is 6.46. The van der Waals surface area contributed by atoms with Gasteiger partial charge in [0.05, 0.1) is 0 Å². The highest BCUT2D eigenvalue weighted by molar-refractivity contribution is 5.93. The second kappa shape index (κ2) is 4.57. The van der Waals surface area contributed by atoms with Gasteiger partial charge in [0.15, 0.2) is 0 Å². The van der Waals surface area contributed by atoms with E-state index in [1.165, 1.54) is 11.3 Å². The topological polar surface area (TPSA) is 48.5 Å². The molecule has 0 atom stereocenters. The number of carbonyl (C=O) groups is 1. The molecule has 0 unspecified atom stereocenters. The largest absolute Gasteiger partial charge is 0.369 e. The Labute approximate surface area is 107 Å². The summed E-state index contributed by atoms with van der Waals surface area (Å²) < 4.78 is 0. The van der Waals surface area contributed by atoms with E-state index < -0.39 is 0 Å². The Kier molecular flexibility index (Phi) is 2.91. The zero-order valence-corrected chi connectivity index (χ0v) is 10.6. The number of hydrogen-bond acceptors (Lipinski definition) is 4. The first kappa shape index (κ1) is 11.5. The quantitative estimate of drug-likeness (QED) is 0.779. The van der Waals surface area contributed by atoms with Gasteiger partial charge in [-0.15, -0.1) is 0 Å². The Balaban J connectivity index is 1.95. The zero-order valence-electron chi connectivity index (χ0n) is 10.6. The number of amides is 1. The molecule has 1 N–H and O–H groups in total. The summed E-state index contributed by atoms with van der Waals surface area (Å²) >= 11 is 0. The van der Waals surface area contributed by atoms with E-state index in [1.807, 2.05) is 6.20 Å². The number of hydrogen-bond donors (Lipinski definition) is 1. The average molecular weight is 246 g/mol. The SMILES string of the molecule is CC(=O)N1CCc2c(N3CCNCC3)ccnc21. The highest BCUT2D eigenvalue weighted by atomic mass is 16.2. The third-order valence-electron chi connectivity index (χ3n) is 3.69. The van der Waals surface area contributed by atoms with E-state index in [2.05, 4.69) is 21.3 Å². The number of anilines is 2. The molecular weight excluding hydrogens is 228 g/mol. The standard InChI is InChI=1S/C13H18N4O/c1-10(18)17-7-3-11-12(2-4-15-13(11)17)16-8-5-14-6-9-16/h2,4,14H,3,5-9H2,1H3. The molecule has 3 heterocycles. The number of pyridine rings is 1. The minimum absolute atomic E-state index is 0.0821. The first-order valence-corrected chi connectivity index (χ1v) is 6.49. The minimum Gasteiger partial charge on any atom is -0.369 e. The number of aromatic nitrogens is 1. The maximum absolute atomic E-state index is 11.6. The summed E-state index contributed by atoms with van der Waals surface area (Å²) in [5.74, 6) is 0.942. The van der Waals surface area contributed by atoms with Crippen molar-refractivity contribution < 1.29 is 4.79 Å². The van der Waals surface area contributed by atoms with E-state index in [0.29, 0.717) is 0 Å². The number of fused-ring (bicyclic) bond motifs is 1. The average Bonchev–Trinajstić information content (AvgIpc) is 2.83. The molecule has 18 heavy (non-hydrogen) atoms. The lowest BCUT2D eigenvalue weighted by atomic mass is 10.1. The van der Waals surface area contributed by atoms with E-state index in [9.17, 15) is 4.79 Å². The molecule has 2 aliphatic rings. The van der Waals surface area contributed by atoms with Crippen molar-refractivity contribution in [3.8, 4) is 0 Å². The van der Waals surface area contributed by atoms with Gasteiger partial charge in [0.25, 0.3) is 0 Å². The molecule has 3 rings (SSSR count). The molecule has 0 spiro atoms. The number of nitrogens with zero attached hydrogens (tertiary/aromatic N) is 3. The van der Waals surface area contributed by atoms with Gasteiger partial charge in [0.2, 0.25) is 5.91 Å². The molecule has 96 valence electrons. The predicted octanol–water partition coefficient (Wildman–Crippen LogP) is 0.400. The molecule has 0 saturated carbocycles. The summed E-state index contributed by atoms with van der Waals surface area (Å²) in [7, 11) is 0. The molecule has 0 aliphatic carbocycles. The molecule has 1 aromatic rings. The monoisotopic (exact) mass is 246 g/mol. The van der Waals surface area contributed by atoms with Gasteiger partial charge in [-0.05, 0) is 12.5 Å². The fraction of sp³-hybridized carbons (Fsp3) is 0.538. The van der Waals surface area contributed by atoms with Crippen LogP contribution in [-0.2, 0) is 11.2 Å². The predicted molar refractivity (Wildman–Crippen MR) is 71.1 cm³/mol. The number of carbonyl (C=O) groups excluding carboxylic acids is 1. The lowest BCUT2D eigenvalue weighted by Gasteiger charge is -2.30. The molecule has 1 fully saturated rings. The molecule has 1 saturated heterocycles. The maximum Gasteiger partial charge on any atom is 0.225 e. The molecule has 5 heteroatoms. The van der Waals surface area contributed by atoms with Gasteiger partial charge in [-0.25, -0.2) is 4.98 Å². The lowest BCUT2D eigenvalue weighted by Crippen LogP contribution is -2.43. The third kappa shape index (κ3) is 1.84. The van der Waals surface area contributed by atoms with Crippen LogP contribution in [0.5, 0.6) is 0 Å². The fourth-order valence-corrected chi connectivity index (χ4v) is 2.78. The van der Waals surface area contributed by atoms with Crippen molar-refractivity contribution in [2.45, 2.75) is 13.3 Å². The first-order valence-electron chi connectivity index (χ1n) is 6.49. The normalized spacial score (nSPS) is 18.9. The lowest BCUT2D eigenvalue weighted by molar-refractivity contribution is -0.116. The van der Waals surface area contributed by atoms with Crippen molar-refractivity contribution in [3.05, 3.63) is 17.8 Å². The Morgan fingerprint density at radius 1 is 1.33 bits per heavy atom.